The zero-order valence-corrected chi connectivity index (χ0v) is 23.9. The number of carbonyl (C=O) groups excluding carboxylic acids is 1. The Kier molecular flexibility index (Phi) is 8.32. The van der Waals surface area contributed by atoms with E-state index in [2.05, 4.69) is 38.1 Å². The van der Waals surface area contributed by atoms with Crippen molar-refractivity contribution in [3.63, 3.8) is 0 Å². The Hall–Kier alpha value is -4.44. The van der Waals surface area contributed by atoms with Crippen LogP contribution in [0.2, 0.25) is 0 Å². The van der Waals surface area contributed by atoms with Gasteiger partial charge in [-0.2, -0.15) is 5.10 Å². The van der Waals surface area contributed by atoms with Gasteiger partial charge in [0.15, 0.2) is 11.6 Å². The van der Waals surface area contributed by atoms with Crippen LogP contribution in [0, 0.1) is 0 Å². The fourth-order valence-corrected chi connectivity index (χ4v) is 5.58. The number of hydrogen-bond acceptors (Lipinski definition) is 8. The summed E-state index contributed by atoms with van der Waals surface area (Å²) in [7, 11) is 0. The van der Waals surface area contributed by atoms with Crippen molar-refractivity contribution < 1.29 is 14.3 Å². The van der Waals surface area contributed by atoms with Gasteiger partial charge in [-0.05, 0) is 80.9 Å². The van der Waals surface area contributed by atoms with E-state index in [0.29, 0.717) is 24.6 Å². The molecule has 10 heteroatoms. The van der Waals surface area contributed by atoms with Crippen LogP contribution in [0.15, 0.2) is 67.0 Å². The SMILES string of the molecule is CCCCCOc1ccc2c(c1)[C@@H](NC(=O)c1cccc(NC3(c4nc(-c5ccncc5)n[nH]4)CCNCC3)c1)CO2. The lowest BCUT2D eigenvalue weighted by Gasteiger charge is -2.37. The Labute approximate surface area is 245 Å². The van der Waals surface area contributed by atoms with Crippen molar-refractivity contribution in [2.45, 2.75) is 50.6 Å². The summed E-state index contributed by atoms with van der Waals surface area (Å²) in [6, 6.07) is 17.0. The predicted molar refractivity (Wildman–Crippen MR) is 161 cm³/mol. The van der Waals surface area contributed by atoms with E-state index in [-0.39, 0.29) is 11.9 Å². The minimum atomic E-state index is -0.454. The molecule has 1 saturated heterocycles. The van der Waals surface area contributed by atoms with E-state index in [4.69, 9.17) is 14.5 Å². The van der Waals surface area contributed by atoms with E-state index in [0.717, 1.165) is 79.3 Å². The number of amides is 1. The number of benzene rings is 2. The molecule has 1 amide bonds. The monoisotopic (exact) mass is 567 g/mol. The molecule has 218 valence electrons. The van der Waals surface area contributed by atoms with E-state index >= 15 is 0 Å². The molecule has 10 nitrogen and oxygen atoms in total. The molecule has 6 rings (SSSR count). The van der Waals surface area contributed by atoms with Crippen molar-refractivity contribution in [1.29, 1.82) is 0 Å². The van der Waals surface area contributed by atoms with Gasteiger partial charge in [0.2, 0.25) is 0 Å². The van der Waals surface area contributed by atoms with Gasteiger partial charge in [-0.3, -0.25) is 14.9 Å². The Balaban J connectivity index is 1.17. The van der Waals surface area contributed by atoms with Crippen LogP contribution >= 0.6 is 0 Å². The molecule has 2 aliphatic rings. The Bertz CT molecular complexity index is 1500. The first-order chi connectivity index (χ1) is 20.6. The molecule has 2 aromatic carbocycles. The number of fused-ring (bicyclic) bond motifs is 1. The lowest BCUT2D eigenvalue weighted by atomic mass is 9.87. The third-order valence-electron chi connectivity index (χ3n) is 7.93. The van der Waals surface area contributed by atoms with Gasteiger partial charge < -0.3 is 25.4 Å². The zero-order valence-electron chi connectivity index (χ0n) is 23.9. The van der Waals surface area contributed by atoms with Crippen LogP contribution in [0.5, 0.6) is 11.5 Å². The zero-order chi connectivity index (χ0) is 28.8. The molecule has 0 bridgehead atoms. The molecule has 1 fully saturated rings. The van der Waals surface area contributed by atoms with Crippen LogP contribution in [0.1, 0.15) is 66.8 Å². The quantitative estimate of drug-likeness (QED) is 0.187. The number of pyridine rings is 1. The number of H-pyrrole nitrogens is 1. The molecule has 0 aliphatic carbocycles. The van der Waals surface area contributed by atoms with Crippen LogP contribution in [0.3, 0.4) is 0 Å². The molecule has 4 N–H and O–H groups in total. The maximum absolute atomic E-state index is 13.4. The summed E-state index contributed by atoms with van der Waals surface area (Å²) in [6.07, 6.45) is 8.41. The highest BCUT2D eigenvalue weighted by Crippen LogP contribution is 2.36. The highest BCUT2D eigenvalue weighted by Gasteiger charge is 2.37. The van der Waals surface area contributed by atoms with E-state index in [1.54, 1.807) is 12.4 Å². The van der Waals surface area contributed by atoms with Crippen molar-refractivity contribution in [2.24, 2.45) is 0 Å². The topological polar surface area (TPSA) is 126 Å². The van der Waals surface area contributed by atoms with Gasteiger partial charge in [-0.25, -0.2) is 4.98 Å². The number of nitrogens with zero attached hydrogens (tertiary/aromatic N) is 3. The molecule has 4 heterocycles. The third-order valence-corrected chi connectivity index (χ3v) is 7.93. The fourth-order valence-electron chi connectivity index (χ4n) is 5.58. The molecule has 2 aliphatic heterocycles. The first kappa shape index (κ1) is 27.7. The van der Waals surface area contributed by atoms with E-state index < -0.39 is 5.54 Å². The van der Waals surface area contributed by atoms with Crippen LogP contribution in [0.25, 0.3) is 11.4 Å². The third kappa shape index (κ3) is 6.08. The fraction of sp³-hybridized carbons (Fsp3) is 0.375. The number of ether oxygens (including phenoxy) is 2. The highest BCUT2D eigenvalue weighted by atomic mass is 16.5. The van der Waals surface area contributed by atoms with Crippen molar-refractivity contribution >= 4 is 11.6 Å². The number of piperidine rings is 1. The summed E-state index contributed by atoms with van der Waals surface area (Å²) in [5.41, 5.74) is 2.80. The van der Waals surface area contributed by atoms with E-state index in [1.807, 2.05) is 54.6 Å². The van der Waals surface area contributed by atoms with Crippen LogP contribution in [-0.2, 0) is 5.54 Å². The normalized spacial score (nSPS) is 17.2. The summed E-state index contributed by atoms with van der Waals surface area (Å²) in [5.74, 6) is 2.83. The number of anilines is 1. The second kappa shape index (κ2) is 12.6. The molecule has 0 spiro atoms. The minimum absolute atomic E-state index is 0.159. The summed E-state index contributed by atoms with van der Waals surface area (Å²) in [5, 5.41) is 18.0. The standard InChI is InChI=1S/C32H37N7O3/c1-2-3-4-18-41-25-8-9-28-26(20-25)27(21-42-28)35-30(40)23-6-5-7-24(19-23)37-32(12-16-34-17-13-32)31-36-29(38-39-31)22-10-14-33-15-11-22/h5-11,14-15,19-20,27,34,37H,2-4,12-13,16-18,21H2,1H3,(H,35,40)(H,36,38,39)/t27-/m0/s1. The first-order valence-corrected chi connectivity index (χ1v) is 14.8. The van der Waals surface area contributed by atoms with Crippen molar-refractivity contribution in [3.05, 3.63) is 83.9 Å². The number of unbranched alkanes of at least 4 members (excludes halogenated alkanes) is 2. The second-order valence-corrected chi connectivity index (χ2v) is 10.9. The van der Waals surface area contributed by atoms with Crippen LogP contribution in [0.4, 0.5) is 5.69 Å². The van der Waals surface area contributed by atoms with Gasteiger partial charge in [-0.1, -0.05) is 25.8 Å². The second-order valence-electron chi connectivity index (χ2n) is 10.9. The summed E-state index contributed by atoms with van der Waals surface area (Å²) < 4.78 is 11.8. The molecule has 0 radical (unpaired) electrons. The summed E-state index contributed by atoms with van der Waals surface area (Å²) in [4.78, 5) is 22.4. The average Bonchev–Trinajstić information content (AvgIpc) is 3.69. The molecule has 2 aromatic heterocycles. The van der Waals surface area contributed by atoms with Gasteiger partial charge in [0.25, 0.3) is 5.91 Å². The smallest absolute Gasteiger partial charge is 0.251 e. The number of aromatic amines is 1. The van der Waals surface area contributed by atoms with E-state index in [9.17, 15) is 4.79 Å². The molecule has 4 aromatic rings. The van der Waals surface area contributed by atoms with Crippen molar-refractivity contribution in [3.8, 4) is 22.9 Å². The molecule has 0 unspecified atom stereocenters. The molecular formula is C32H37N7O3. The Morgan fingerprint density at radius 1 is 1.10 bits per heavy atom. The Morgan fingerprint density at radius 3 is 2.79 bits per heavy atom. The van der Waals surface area contributed by atoms with Crippen LogP contribution < -0.4 is 25.4 Å². The van der Waals surface area contributed by atoms with Gasteiger partial charge in [0, 0.05) is 34.8 Å². The number of rotatable bonds is 11. The largest absolute Gasteiger partial charge is 0.494 e. The lowest BCUT2D eigenvalue weighted by molar-refractivity contribution is 0.0930. The first-order valence-electron chi connectivity index (χ1n) is 14.8. The number of carbonyl (C=O) groups is 1. The predicted octanol–water partition coefficient (Wildman–Crippen LogP) is 4.99. The van der Waals surface area contributed by atoms with Gasteiger partial charge in [-0.15, -0.1) is 0 Å². The molecule has 0 saturated carbocycles. The Morgan fingerprint density at radius 2 is 1.95 bits per heavy atom. The van der Waals surface area contributed by atoms with E-state index in [1.165, 1.54) is 0 Å². The molecule has 1 atom stereocenters. The highest BCUT2D eigenvalue weighted by molar-refractivity contribution is 5.95. The summed E-state index contributed by atoms with van der Waals surface area (Å²) in [6.45, 7) is 4.92. The van der Waals surface area contributed by atoms with Gasteiger partial charge in [0.05, 0.1) is 18.2 Å². The van der Waals surface area contributed by atoms with Crippen molar-refractivity contribution in [1.82, 2.24) is 30.8 Å². The minimum Gasteiger partial charge on any atom is -0.494 e. The lowest BCUT2D eigenvalue weighted by Crippen LogP contribution is -2.46. The maximum atomic E-state index is 13.4. The molecule has 42 heavy (non-hydrogen) atoms. The maximum Gasteiger partial charge on any atom is 0.251 e. The van der Waals surface area contributed by atoms with Crippen molar-refractivity contribution in [2.75, 3.05) is 31.6 Å². The number of aromatic nitrogens is 4. The van der Waals surface area contributed by atoms with Crippen LogP contribution in [-0.4, -0.2) is 52.4 Å². The molecular weight excluding hydrogens is 530 g/mol. The number of nitrogens with one attached hydrogen (secondary N) is 4. The summed E-state index contributed by atoms with van der Waals surface area (Å²) >= 11 is 0. The number of hydrogen-bond donors (Lipinski definition) is 4. The van der Waals surface area contributed by atoms with Gasteiger partial charge in [0.1, 0.15) is 18.1 Å². The van der Waals surface area contributed by atoms with Gasteiger partial charge >= 0.3 is 0 Å². The average molecular weight is 568 g/mol.